The predicted octanol–water partition coefficient (Wildman–Crippen LogP) is 1.76. The van der Waals surface area contributed by atoms with Gasteiger partial charge in [0, 0.05) is 6.08 Å². The molecule has 0 aliphatic heterocycles. The number of phenolic OH excluding ortho intramolecular Hbond substituents is 3. The maximum Gasteiger partial charge on any atom is 0.328 e. The molecule has 0 amide bonds. The molecule has 0 radical (unpaired) electrons. The lowest BCUT2D eigenvalue weighted by molar-refractivity contribution is -0.271. The Morgan fingerprint density at radius 3 is 2.35 bits per heavy atom. The minimum absolute atomic E-state index is 0.235. The number of benzene rings is 2. The molecule has 0 saturated heterocycles. The Kier molecular flexibility index (Phi) is 4.75. The first-order chi connectivity index (χ1) is 10.9. The molecule has 0 saturated carbocycles. The lowest BCUT2D eigenvalue weighted by atomic mass is 9.97. The molecule has 0 unspecified atom stereocenters. The van der Waals surface area contributed by atoms with E-state index in [2.05, 4.69) is 0 Å². The van der Waals surface area contributed by atoms with Crippen molar-refractivity contribution < 1.29 is 30.3 Å². The molecule has 4 N–H and O–H groups in total. The van der Waals surface area contributed by atoms with Crippen LogP contribution in [-0.2, 0) is 17.6 Å². The molecule has 0 bridgehead atoms. The number of aryl methyl sites for hydroxylation is 1. The van der Waals surface area contributed by atoms with Crippen LogP contribution in [0.25, 0.3) is 6.08 Å². The van der Waals surface area contributed by atoms with Crippen LogP contribution < -0.4 is 5.11 Å². The van der Waals surface area contributed by atoms with E-state index >= 15 is 0 Å². The summed E-state index contributed by atoms with van der Waals surface area (Å²) < 4.78 is 0. The first kappa shape index (κ1) is 16.2. The highest BCUT2D eigenvalue weighted by Gasteiger charge is 2.07. The smallest absolute Gasteiger partial charge is 0.328 e. The van der Waals surface area contributed by atoms with Gasteiger partial charge in [0.15, 0.2) is 11.5 Å². The zero-order valence-corrected chi connectivity index (χ0v) is 12.1. The molecule has 0 atom stereocenters. The van der Waals surface area contributed by atoms with E-state index in [-0.39, 0.29) is 23.5 Å². The molecular formula is C17H15O6-. The van der Waals surface area contributed by atoms with Gasteiger partial charge in [-0.05, 0) is 53.8 Å². The van der Waals surface area contributed by atoms with E-state index in [1.165, 1.54) is 30.3 Å². The number of hydrogen-bond acceptors (Lipinski definition) is 5. The lowest BCUT2D eigenvalue weighted by Gasteiger charge is -2.18. The van der Waals surface area contributed by atoms with Crippen LogP contribution in [0.3, 0.4) is 0 Å². The Labute approximate surface area is 132 Å². The van der Waals surface area contributed by atoms with Crippen molar-refractivity contribution in [3.8, 4) is 23.0 Å². The fourth-order valence-corrected chi connectivity index (χ4v) is 2.20. The van der Waals surface area contributed by atoms with Gasteiger partial charge in [-0.3, -0.25) is 0 Å². The maximum atomic E-state index is 12.1. The van der Waals surface area contributed by atoms with E-state index in [9.17, 15) is 25.2 Å². The second-order valence-corrected chi connectivity index (χ2v) is 4.98. The number of rotatable bonds is 5. The van der Waals surface area contributed by atoms with Crippen LogP contribution in [0.4, 0.5) is 0 Å². The third-order valence-electron chi connectivity index (χ3n) is 3.38. The molecule has 0 aliphatic rings. The average molecular weight is 315 g/mol. The molecule has 6 nitrogen and oxygen atoms in total. The zero-order chi connectivity index (χ0) is 17.0. The third-order valence-corrected chi connectivity index (χ3v) is 3.38. The van der Waals surface area contributed by atoms with Crippen LogP contribution in [0, 0.1) is 0 Å². The quantitative estimate of drug-likeness (QED) is 0.493. The fourth-order valence-electron chi connectivity index (χ4n) is 2.20. The summed E-state index contributed by atoms with van der Waals surface area (Å²) in [5, 5.41) is 49.0. The van der Waals surface area contributed by atoms with E-state index in [0.29, 0.717) is 17.5 Å². The Hall–Kier alpha value is -3.15. The Bertz CT molecular complexity index is 764. The van der Waals surface area contributed by atoms with Crippen LogP contribution in [-0.4, -0.2) is 26.4 Å². The average Bonchev–Trinajstić information content (AvgIpc) is 2.50. The lowest BCUT2D eigenvalue weighted by Crippen LogP contribution is -2.02. The van der Waals surface area contributed by atoms with Gasteiger partial charge in [-0.15, -0.1) is 0 Å². The molecule has 6 heteroatoms. The van der Waals surface area contributed by atoms with Gasteiger partial charge >= 0.3 is 5.97 Å². The van der Waals surface area contributed by atoms with E-state index in [4.69, 9.17) is 5.11 Å². The molecule has 0 aliphatic carbocycles. The highest BCUT2D eigenvalue weighted by molar-refractivity contribution is 5.85. The molecule has 2 aromatic rings. The number of carbonyl (C=O) groups is 1. The number of aliphatic carboxylic acids is 1. The zero-order valence-electron chi connectivity index (χ0n) is 12.1. The minimum Gasteiger partial charge on any atom is -0.870 e. The normalized spacial score (nSPS) is 11.0. The van der Waals surface area contributed by atoms with Crippen LogP contribution >= 0.6 is 0 Å². The standard InChI is InChI=1S/C17H16O6/c18-13-6-2-10(9-15(13)20)1-5-12-11(4-8-16(21)22)3-7-14(19)17(12)23/h2-4,6-9,18-20,23H,1,5H2,(H,21,22)/p-1/b8-4+. The minimum atomic E-state index is -1.14. The second kappa shape index (κ2) is 6.74. The van der Waals surface area contributed by atoms with Crippen molar-refractivity contribution in [2.75, 3.05) is 0 Å². The summed E-state index contributed by atoms with van der Waals surface area (Å²) >= 11 is 0. The van der Waals surface area contributed by atoms with E-state index in [0.717, 1.165) is 6.08 Å². The molecule has 0 spiro atoms. The summed E-state index contributed by atoms with van der Waals surface area (Å²) in [6, 6.07) is 7.03. The van der Waals surface area contributed by atoms with Gasteiger partial charge in [-0.2, -0.15) is 0 Å². The highest BCUT2D eigenvalue weighted by Crippen LogP contribution is 2.31. The van der Waals surface area contributed by atoms with E-state index in [1.807, 2.05) is 0 Å². The van der Waals surface area contributed by atoms with Gasteiger partial charge in [-0.25, -0.2) is 4.79 Å². The third kappa shape index (κ3) is 3.94. The Morgan fingerprint density at radius 1 is 1.00 bits per heavy atom. The number of carboxylic acid groups (broad SMARTS) is 1. The van der Waals surface area contributed by atoms with Crippen molar-refractivity contribution in [3.63, 3.8) is 0 Å². The number of phenols is 3. The predicted molar refractivity (Wildman–Crippen MR) is 81.4 cm³/mol. The summed E-state index contributed by atoms with van der Waals surface area (Å²) in [6.45, 7) is 0. The van der Waals surface area contributed by atoms with Crippen LogP contribution in [0.1, 0.15) is 16.7 Å². The molecular weight excluding hydrogens is 300 g/mol. The topological polar surface area (TPSA) is 121 Å². The molecule has 120 valence electrons. The van der Waals surface area contributed by atoms with Crippen molar-refractivity contribution in [2.24, 2.45) is 0 Å². The van der Waals surface area contributed by atoms with Gasteiger partial charge < -0.3 is 25.5 Å². The van der Waals surface area contributed by atoms with Gasteiger partial charge in [0.05, 0.1) is 0 Å². The fraction of sp³-hybridized carbons (Fsp3) is 0.118. The monoisotopic (exact) mass is 315 g/mol. The van der Waals surface area contributed by atoms with Gasteiger partial charge in [-0.1, -0.05) is 17.9 Å². The van der Waals surface area contributed by atoms with E-state index in [1.54, 1.807) is 6.07 Å². The Balaban J connectivity index is 2.28. The summed E-state index contributed by atoms with van der Waals surface area (Å²) in [5.74, 6) is -2.59. The molecule has 0 heterocycles. The van der Waals surface area contributed by atoms with Crippen LogP contribution in [0.2, 0.25) is 0 Å². The van der Waals surface area contributed by atoms with Gasteiger partial charge in [0.1, 0.15) is 5.75 Å². The van der Waals surface area contributed by atoms with Crippen LogP contribution in [0.5, 0.6) is 23.0 Å². The SMILES string of the molecule is O=C(O)/C=C/c1ccc(O)c([O-])c1CCc1ccc(O)c(O)c1. The van der Waals surface area contributed by atoms with Crippen molar-refractivity contribution >= 4 is 12.0 Å². The molecule has 2 aromatic carbocycles. The molecule has 2 rings (SSSR count). The van der Waals surface area contributed by atoms with Crippen molar-refractivity contribution in [3.05, 3.63) is 53.1 Å². The maximum absolute atomic E-state index is 12.1. The second-order valence-electron chi connectivity index (χ2n) is 4.98. The van der Waals surface area contributed by atoms with Crippen molar-refractivity contribution in [1.82, 2.24) is 0 Å². The Morgan fingerprint density at radius 2 is 1.70 bits per heavy atom. The van der Waals surface area contributed by atoms with Gasteiger partial charge in [0.2, 0.25) is 0 Å². The summed E-state index contributed by atoms with van der Waals surface area (Å²) in [6.07, 6.45) is 2.84. The number of carboxylic acids is 1. The molecule has 0 fully saturated rings. The largest absolute Gasteiger partial charge is 0.870 e. The number of hydrogen-bond donors (Lipinski definition) is 4. The van der Waals surface area contributed by atoms with Crippen molar-refractivity contribution in [2.45, 2.75) is 12.8 Å². The van der Waals surface area contributed by atoms with Crippen molar-refractivity contribution in [1.29, 1.82) is 0 Å². The molecule has 0 aromatic heterocycles. The van der Waals surface area contributed by atoms with Crippen LogP contribution in [0.15, 0.2) is 36.4 Å². The summed E-state index contributed by atoms with van der Waals surface area (Å²) in [5.41, 5.74) is 1.39. The van der Waals surface area contributed by atoms with E-state index < -0.39 is 17.5 Å². The highest BCUT2D eigenvalue weighted by atomic mass is 16.4. The molecule has 23 heavy (non-hydrogen) atoms. The first-order valence-electron chi connectivity index (χ1n) is 6.82. The summed E-state index contributed by atoms with van der Waals surface area (Å²) in [7, 11) is 0. The van der Waals surface area contributed by atoms with Gasteiger partial charge in [0.25, 0.3) is 0 Å². The number of aromatic hydroxyl groups is 3. The summed E-state index contributed by atoms with van der Waals surface area (Å²) in [4.78, 5) is 10.6. The first-order valence-corrected chi connectivity index (χ1v) is 6.82.